The normalized spacial score (nSPS) is 18.3. The molecule has 0 radical (unpaired) electrons. The van der Waals surface area contributed by atoms with Crippen molar-refractivity contribution in [3.05, 3.63) is 105 Å². The molecule has 1 aliphatic rings. The average Bonchev–Trinajstić information content (AvgIpc) is 3.25. The first-order valence-electron chi connectivity index (χ1n) is 11.7. The number of likely N-dealkylation sites (tertiary alicyclic amines) is 1. The Labute approximate surface area is 207 Å². The van der Waals surface area contributed by atoms with E-state index >= 15 is 0 Å². The summed E-state index contributed by atoms with van der Waals surface area (Å²) in [5.41, 5.74) is 1.62. The molecule has 0 aliphatic carbocycles. The Morgan fingerprint density at radius 1 is 1.00 bits per heavy atom. The van der Waals surface area contributed by atoms with Crippen molar-refractivity contribution in [3.8, 4) is 0 Å². The number of anilines is 1. The summed E-state index contributed by atoms with van der Waals surface area (Å²) < 4.78 is 39.1. The molecule has 3 aromatic carbocycles. The second-order valence-corrected chi connectivity index (χ2v) is 9.44. The van der Waals surface area contributed by atoms with Crippen LogP contribution in [0.1, 0.15) is 28.7 Å². The van der Waals surface area contributed by atoms with Crippen LogP contribution in [0.3, 0.4) is 0 Å². The van der Waals surface area contributed by atoms with Crippen molar-refractivity contribution in [1.82, 2.24) is 4.90 Å². The molecule has 1 unspecified atom stereocenters. The molecule has 0 spiro atoms. The number of hydrogen-bond acceptors (Lipinski definition) is 5. The molecule has 0 saturated carbocycles. The first-order chi connectivity index (χ1) is 17.2. The van der Waals surface area contributed by atoms with E-state index in [4.69, 9.17) is 0 Å². The lowest BCUT2D eigenvalue weighted by molar-refractivity contribution is -0.384. The number of nitrogens with one attached hydrogen (secondary N) is 1. The Bertz CT molecular complexity index is 1190. The number of alkyl halides is 3. The van der Waals surface area contributed by atoms with Crippen LogP contribution < -0.4 is 5.32 Å². The Hall–Kier alpha value is -3.43. The van der Waals surface area contributed by atoms with E-state index in [0.29, 0.717) is 30.8 Å². The van der Waals surface area contributed by atoms with Gasteiger partial charge in [-0.05, 0) is 54.3 Å². The largest absolute Gasteiger partial charge is 0.416 e. The lowest BCUT2D eigenvalue weighted by Crippen LogP contribution is -2.35. The minimum absolute atomic E-state index is 0.120. The van der Waals surface area contributed by atoms with Gasteiger partial charge in [0, 0.05) is 31.1 Å². The van der Waals surface area contributed by atoms with Crippen LogP contribution in [-0.4, -0.2) is 34.6 Å². The van der Waals surface area contributed by atoms with E-state index in [-0.39, 0.29) is 17.7 Å². The highest BCUT2D eigenvalue weighted by molar-refractivity contribution is 5.62. The Morgan fingerprint density at radius 2 is 1.69 bits per heavy atom. The highest BCUT2D eigenvalue weighted by atomic mass is 19.4. The minimum Gasteiger partial charge on any atom is -0.392 e. The van der Waals surface area contributed by atoms with Gasteiger partial charge in [0.05, 0.1) is 17.1 Å². The van der Waals surface area contributed by atoms with Gasteiger partial charge in [-0.3, -0.25) is 15.0 Å². The van der Waals surface area contributed by atoms with Gasteiger partial charge in [-0.1, -0.05) is 48.5 Å². The fourth-order valence-electron chi connectivity index (χ4n) is 4.86. The summed E-state index contributed by atoms with van der Waals surface area (Å²) >= 11 is 0. The van der Waals surface area contributed by atoms with Crippen LogP contribution in [0.5, 0.6) is 0 Å². The summed E-state index contributed by atoms with van der Waals surface area (Å²) in [6.45, 7) is 2.37. The maximum absolute atomic E-state index is 13.0. The molecule has 190 valence electrons. The molecule has 1 saturated heterocycles. The number of hydrogen-bond donors (Lipinski definition) is 2. The van der Waals surface area contributed by atoms with Crippen LogP contribution >= 0.6 is 0 Å². The molecule has 2 N–H and O–H groups in total. The van der Waals surface area contributed by atoms with Gasteiger partial charge in [-0.2, -0.15) is 13.2 Å². The second-order valence-electron chi connectivity index (χ2n) is 9.44. The van der Waals surface area contributed by atoms with Gasteiger partial charge < -0.3 is 10.4 Å². The third-order valence-electron chi connectivity index (χ3n) is 6.72. The van der Waals surface area contributed by atoms with Crippen LogP contribution in [0.25, 0.3) is 0 Å². The minimum atomic E-state index is -4.39. The molecule has 0 bridgehead atoms. The summed E-state index contributed by atoms with van der Waals surface area (Å²) in [4.78, 5) is 13.4. The predicted octanol–water partition coefficient (Wildman–Crippen LogP) is 5.65. The summed E-state index contributed by atoms with van der Waals surface area (Å²) in [5.74, 6) is 0. The molecule has 36 heavy (non-hydrogen) atoms. The molecule has 4 rings (SSSR count). The molecule has 1 fully saturated rings. The van der Waals surface area contributed by atoms with Gasteiger partial charge >= 0.3 is 6.18 Å². The van der Waals surface area contributed by atoms with Crippen LogP contribution in [0, 0.1) is 15.5 Å². The molecule has 1 atom stereocenters. The van der Waals surface area contributed by atoms with Crippen molar-refractivity contribution in [1.29, 1.82) is 0 Å². The molecule has 1 heterocycles. The highest BCUT2D eigenvalue weighted by Gasteiger charge is 2.39. The number of nitro benzene ring substituents is 1. The average molecular weight is 500 g/mol. The monoisotopic (exact) mass is 499 g/mol. The van der Waals surface area contributed by atoms with Crippen molar-refractivity contribution in [3.63, 3.8) is 0 Å². The number of nitrogens with zero attached hydrogens (tertiary/aromatic N) is 2. The van der Waals surface area contributed by atoms with Crippen LogP contribution in [0.15, 0.2) is 72.8 Å². The number of aliphatic hydroxyl groups is 1. The third-order valence-corrected chi connectivity index (χ3v) is 6.72. The fraction of sp³-hybridized carbons (Fsp3) is 0.333. The van der Waals surface area contributed by atoms with Crippen LogP contribution in [0.4, 0.5) is 24.5 Å². The van der Waals surface area contributed by atoms with Gasteiger partial charge in [0.2, 0.25) is 0 Å². The highest BCUT2D eigenvalue weighted by Crippen LogP contribution is 2.37. The summed E-state index contributed by atoms with van der Waals surface area (Å²) in [7, 11) is 0. The summed E-state index contributed by atoms with van der Waals surface area (Å²) in [6.07, 6.45) is -3.07. The number of benzene rings is 3. The van der Waals surface area contributed by atoms with Crippen LogP contribution in [-0.2, 0) is 25.7 Å². The number of nitro groups is 1. The van der Waals surface area contributed by atoms with E-state index in [0.717, 1.165) is 37.2 Å². The SMILES string of the molecule is O=[N+]([O-])c1cc(CO)ccc1NCC1(Cc2ccc(C(F)(F)F)cc2)CCN(Cc2ccccc2)C1. The number of halogens is 3. The Balaban J connectivity index is 1.56. The molecule has 6 nitrogen and oxygen atoms in total. The number of rotatable bonds is 9. The summed E-state index contributed by atoms with van der Waals surface area (Å²) in [6, 6.07) is 19.8. The predicted molar refractivity (Wildman–Crippen MR) is 131 cm³/mol. The molecule has 1 aliphatic heterocycles. The van der Waals surface area contributed by atoms with Crippen molar-refractivity contribution in [2.75, 3.05) is 25.0 Å². The Morgan fingerprint density at radius 3 is 2.33 bits per heavy atom. The second kappa shape index (κ2) is 10.7. The van der Waals surface area contributed by atoms with Crippen LogP contribution in [0.2, 0.25) is 0 Å². The number of aliphatic hydroxyl groups excluding tert-OH is 1. The van der Waals surface area contributed by atoms with E-state index < -0.39 is 16.7 Å². The lowest BCUT2D eigenvalue weighted by Gasteiger charge is -2.31. The van der Waals surface area contributed by atoms with Gasteiger partial charge in [0.15, 0.2) is 0 Å². The topological polar surface area (TPSA) is 78.6 Å². The van der Waals surface area contributed by atoms with Crippen molar-refractivity contribution in [2.24, 2.45) is 5.41 Å². The quantitative estimate of drug-likeness (QED) is 0.294. The van der Waals surface area contributed by atoms with E-state index in [1.165, 1.54) is 23.8 Å². The van der Waals surface area contributed by atoms with Gasteiger partial charge in [0.25, 0.3) is 5.69 Å². The van der Waals surface area contributed by atoms with E-state index in [1.807, 2.05) is 18.2 Å². The van der Waals surface area contributed by atoms with E-state index in [2.05, 4.69) is 22.3 Å². The molecular formula is C27H28F3N3O3. The fourth-order valence-corrected chi connectivity index (χ4v) is 4.86. The van der Waals surface area contributed by atoms with Gasteiger partial charge in [0.1, 0.15) is 5.69 Å². The van der Waals surface area contributed by atoms with Gasteiger partial charge in [-0.25, -0.2) is 0 Å². The van der Waals surface area contributed by atoms with Crippen molar-refractivity contribution >= 4 is 11.4 Å². The van der Waals surface area contributed by atoms with Crippen molar-refractivity contribution in [2.45, 2.75) is 32.2 Å². The maximum Gasteiger partial charge on any atom is 0.416 e. The van der Waals surface area contributed by atoms with Crippen molar-refractivity contribution < 1.29 is 23.2 Å². The molecule has 9 heteroatoms. The van der Waals surface area contributed by atoms with Gasteiger partial charge in [-0.15, -0.1) is 0 Å². The zero-order chi connectivity index (χ0) is 25.8. The molecule has 0 aromatic heterocycles. The third kappa shape index (κ3) is 6.22. The molecule has 0 amide bonds. The first kappa shape index (κ1) is 25.7. The molecule has 3 aromatic rings. The van der Waals surface area contributed by atoms with E-state index in [9.17, 15) is 28.4 Å². The smallest absolute Gasteiger partial charge is 0.392 e. The standard InChI is InChI=1S/C27H28F3N3O3/c28-27(29,30)23-9-6-20(7-10-23)15-26(12-13-32(19-26)16-21-4-2-1-3-5-21)18-31-24-11-8-22(17-34)14-25(24)33(35)36/h1-11,14,31,34H,12-13,15-19H2. The lowest BCUT2D eigenvalue weighted by atomic mass is 9.80. The first-order valence-corrected chi connectivity index (χ1v) is 11.7. The zero-order valence-corrected chi connectivity index (χ0v) is 19.7. The zero-order valence-electron chi connectivity index (χ0n) is 19.7. The van der Waals surface area contributed by atoms with E-state index in [1.54, 1.807) is 12.1 Å². The summed E-state index contributed by atoms with van der Waals surface area (Å²) in [5, 5.41) is 24.2. The molecular weight excluding hydrogens is 471 g/mol. The maximum atomic E-state index is 13.0. The Kier molecular flexibility index (Phi) is 7.61.